The Kier molecular flexibility index (Phi) is 3.98. The summed E-state index contributed by atoms with van der Waals surface area (Å²) in [7, 11) is 0. The van der Waals surface area contributed by atoms with E-state index < -0.39 is 0 Å². The van der Waals surface area contributed by atoms with Gasteiger partial charge in [-0.25, -0.2) is 4.39 Å². The molecule has 0 bridgehead atoms. The van der Waals surface area contributed by atoms with Crippen LogP contribution in [-0.4, -0.2) is 22.6 Å². The van der Waals surface area contributed by atoms with E-state index in [4.69, 9.17) is 0 Å². The molecule has 1 amide bonds. The number of anilines is 1. The van der Waals surface area contributed by atoms with Crippen molar-refractivity contribution in [2.24, 2.45) is 0 Å². The van der Waals surface area contributed by atoms with Gasteiger partial charge in [-0.1, -0.05) is 5.16 Å². The first-order valence-electron chi connectivity index (χ1n) is 5.25. The summed E-state index contributed by atoms with van der Waals surface area (Å²) >= 11 is 0. The number of halogens is 1. The molecule has 0 saturated carbocycles. The van der Waals surface area contributed by atoms with Crippen molar-refractivity contribution in [1.29, 1.82) is 0 Å². The highest BCUT2D eigenvalue weighted by Gasteiger charge is 2.03. The molecule has 94 valence electrons. The Bertz CT molecular complexity index is 498. The summed E-state index contributed by atoms with van der Waals surface area (Å²) in [5.41, 5.74) is 0.544. The summed E-state index contributed by atoms with van der Waals surface area (Å²) < 4.78 is 17.2. The van der Waals surface area contributed by atoms with Crippen LogP contribution in [0.2, 0.25) is 0 Å². The molecule has 0 saturated heterocycles. The van der Waals surface area contributed by atoms with Crippen molar-refractivity contribution in [3.8, 4) is 0 Å². The Hall–Kier alpha value is -2.28. The number of carbonyl (C=O) groups is 1. The lowest BCUT2D eigenvalue weighted by atomic mass is 10.3. The van der Waals surface area contributed by atoms with Crippen LogP contribution in [0.3, 0.4) is 0 Å². The minimum absolute atomic E-state index is 0.103. The van der Waals surface area contributed by atoms with E-state index in [1.54, 1.807) is 0 Å². The fourth-order valence-corrected chi connectivity index (χ4v) is 1.30. The molecule has 0 spiro atoms. The quantitative estimate of drug-likeness (QED) is 0.825. The van der Waals surface area contributed by atoms with Crippen LogP contribution in [-0.2, 0) is 11.3 Å². The van der Waals surface area contributed by atoms with Gasteiger partial charge in [0.25, 0.3) is 0 Å². The van der Waals surface area contributed by atoms with E-state index in [0.717, 1.165) is 0 Å². The molecule has 0 aliphatic carbocycles. The van der Waals surface area contributed by atoms with E-state index in [1.165, 1.54) is 30.7 Å². The Morgan fingerprint density at radius 2 is 2.11 bits per heavy atom. The number of nitrogens with one attached hydrogen (secondary N) is 2. The summed E-state index contributed by atoms with van der Waals surface area (Å²) in [5.74, 6) is -0.0992. The van der Waals surface area contributed by atoms with Gasteiger partial charge < -0.3 is 15.2 Å². The maximum absolute atomic E-state index is 12.6. The Balaban J connectivity index is 1.73. The first kappa shape index (κ1) is 12.2. The third kappa shape index (κ3) is 3.63. The van der Waals surface area contributed by atoms with Crippen LogP contribution >= 0.6 is 0 Å². The highest BCUT2D eigenvalue weighted by molar-refractivity contribution is 5.92. The van der Waals surface area contributed by atoms with E-state index >= 15 is 0 Å². The van der Waals surface area contributed by atoms with Crippen molar-refractivity contribution in [3.05, 3.63) is 42.3 Å². The molecule has 0 aliphatic rings. The summed E-state index contributed by atoms with van der Waals surface area (Å²) in [5, 5.41) is 9.05. The lowest BCUT2D eigenvalue weighted by Gasteiger charge is -2.05. The number of aromatic nitrogens is 2. The fourth-order valence-electron chi connectivity index (χ4n) is 1.30. The van der Waals surface area contributed by atoms with Crippen LogP contribution in [0.25, 0.3) is 0 Å². The molecule has 1 aromatic carbocycles. The molecule has 0 fully saturated rings. The molecule has 0 radical (unpaired) electrons. The lowest BCUT2D eigenvalue weighted by molar-refractivity contribution is -0.115. The highest BCUT2D eigenvalue weighted by Crippen LogP contribution is 2.07. The van der Waals surface area contributed by atoms with Gasteiger partial charge >= 0.3 is 0 Å². The van der Waals surface area contributed by atoms with Crippen molar-refractivity contribution in [2.45, 2.75) is 6.54 Å². The van der Waals surface area contributed by atoms with Gasteiger partial charge in [0.1, 0.15) is 5.82 Å². The van der Waals surface area contributed by atoms with Crippen molar-refractivity contribution in [3.63, 3.8) is 0 Å². The minimum Gasteiger partial charge on any atom is -0.343 e. The molecule has 2 aromatic rings. The van der Waals surface area contributed by atoms with Crippen molar-refractivity contribution >= 4 is 11.6 Å². The number of hydrogen-bond donors (Lipinski definition) is 2. The van der Waals surface area contributed by atoms with Crippen LogP contribution < -0.4 is 10.6 Å². The largest absolute Gasteiger partial charge is 0.343 e. The van der Waals surface area contributed by atoms with Crippen LogP contribution in [0.4, 0.5) is 10.1 Å². The number of carbonyl (C=O) groups excluding carboxylic acids is 1. The predicted molar refractivity (Wildman–Crippen MR) is 61.0 cm³/mol. The van der Waals surface area contributed by atoms with E-state index in [0.29, 0.717) is 18.1 Å². The molecule has 7 heteroatoms. The fraction of sp³-hybridized carbons (Fsp3) is 0.182. The average Bonchev–Trinajstić information content (AvgIpc) is 2.85. The highest BCUT2D eigenvalue weighted by atomic mass is 19.1. The van der Waals surface area contributed by atoms with Gasteiger partial charge in [-0.15, -0.1) is 0 Å². The Labute approximate surface area is 102 Å². The van der Waals surface area contributed by atoms with E-state index in [2.05, 4.69) is 25.3 Å². The van der Waals surface area contributed by atoms with Crippen molar-refractivity contribution < 1.29 is 13.7 Å². The van der Waals surface area contributed by atoms with Gasteiger partial charge in [0.15, 0.2) is 5.82 Å². The molecule has 2 rings (SSSR count). The molecule has 0 atom stereocenters. The van der Waals surface area contributed by atoms with Gasteiger partial charge in [0.05, 0.1) is 13.1 Å². The maximum Gasteiger partial charge on any atom is 0.238 e. The zero-order valence-corrected chi connectivity index (χ0v) is 9.39. The summed E-state index contributed by atoms with van der Waals surface area (Å²) in [6, 6.07) is 5.55. The van der Waals surface area contributed by atoms with E-state index in [-0.39, 0.29) is 18.3 Å². The molecular weight excluding hydrogens is 239 g/mol. The summed E-state index contributed by atoms with van der Waals surface area (Å²) in [6.07, 6.45) is 1.22. The van der Waals surface area contributed by atoms with Crippen molar-refractivity contribution in [1.82, 2.24) is 15.5 Å². The predicted octanol–water partition coefficient (Wildman–Crippen LogP) is 0.937. The second-order valence-corrected chi connectivity index (χ2v) is 3.51. The number of rotatable bonds is 5. The summed E-state index contributed by atoms with van der Waals surface area (Å²) in [4.78, 5) is 15.3. The normalized spacial score (nSPS) is 10.3. The van der Waals surface area contributed by atoms with Gasteiger partial charge in [0.2, 0.25) is 12.3 Å². The molecule has 6 nitrogen and oxygen atoms in total. The number of amides is 1. The average molecular weight is 250 g/mol. The molecular formula is C11H11FN4O2. The topological polar surface area (TPSA) is 80.1 Å². The lowest BCUT2D eigenvalue weighted by Crippen LogP contribution is -2.28. The number of hydrogen-bond acceptors (Lipinski definition) is 5. The van der Waals surface area contributed by atoms with Gasteiger partial charge in [0, 0.05) is 5.69 Å². The van der Waals surface area contributed by atoms with Gasteiger partial charge in [-0.05, 0) is 24.3 Å². The molecule has 2 N–H and O–H groups in total. The molecule has 0 aliphatic heterocycles. The summed E-state index contributed by atoms with van der Waals surface area (Å²) in [6.45, 7) is 0.444. The molecule has 1 heterocycles. The Morgan fingerprint density at radius 3 is 2.78 bits per heavy atom. The molecule has 0 unspecified atom stereocenters. The van der Waals surface area contributed by atoms with Crippen LogP contribution in [0.5, 0.6) is 0 Å². The zero-order valence-electron chi connectivity index (χ0n) is 9.39. The smallest absolute Gasteiger partial charge is 0.238 e. The minimum atomic E-state index is -0.344. The third-order valence-electron chi connectivity index (χ3n) is 2.10. The molecule has 1 aromatic heterocycles. The molecule has 18 heavy (non-hydrogen) atoms. The van der Waals surface area contributed by atoms with Crippen LogP contribution in [0, 0.1) is 5.82 Å². The van der Waals surface area contributed by atoms with Crippen LogP contribution in [0.1, 0.15) is 5.82 Å². The van der Waals surface area contributed by atoms with E-state index in [1.807, 2.05) is 0 Å². The third-order valence-corrected chi connectivity index (χ3v) is 2.10. The standard InChI is InChI=1S/C11H11FN4O2/c12-8-1-3-9(4-2-8)15-11(17)6-13-5-10-14-7-18-16-10/h1-4,7,13H,5-6H2,(H,15,17). The maximum atomic E-state index is 12.6. The zero-order chi connectivity index (χ0) is 12.8. The van der Waals surface area contributed by atoms with Gasteiger partial charge in [-0.3, -0.25) is 4.79 Å². The van der Waals surface area contributed by atoms with Crippen molar-refractivity contribution in [2.75, 3.05) is 11.9 Å². The SMILES string of the molecule is O=C(CNCc1ncon1)Nc1ccc(F)cc1. The van der Waals surface area contributed by atoms with E-state index in [9.17, 15) is 9.18 Å². The second kappa shape index (κ2) is 5.87. The monoisotopic (exact) mass is 250 g/mol. The first-order chi connectivity index (χ1) is 8.74. The second-order valence-electron chi connectivity index (χ2n) is 3.51. The Morgan fingerprint density at radius 1 is 1.33 bits per heavy atom. The number of nitrogens with zero attached hydrogens (tertiary/aromatic N) is 2. The number of benzene rings is 1. The first-order valence-corrected chi connectivity index (χ1v) is 5.25. The van der Waals surface area contributed by atoms with Gasteiger partial charge in [-0.2, -0.15) is 4.98 Å². The van der Waals surface area contributed by atoms with Crippen LogP contribution in [0.15, 0.2) is 35.2 Å².